The number of fused-ring (bicyclic) bond motifs is 4. The summed E-state index contributed by atoms with van der Waals surface area (Å²) in [5.41, 5.74) is 9.25. The monoisotopic (exact) mass is 604 g/mol. The maximum Gasteiger partial charge on any atom is 0.143 e. The highest BCUT2D eigenvalue weighted by atomic mass is 16.3. The summed E-state index contributed by atoms with van der Waals surface area (Å²) < 4.78 is 6.96. The lowest BCUT2D eigenvalue weighted by atomic mass is 9.94. The van der Waals surface area contributed by atoms with Gasteiger partial charge in [0.25, 0.3) is 0 Å². The van der Waals surface area contributed by atoms with E-state index < -0.39 is 0 Å². The predicted molar refractivity (Wildman–Crippen MR) is 203 cm³/mol. The lowest BCUT2D eigenvalue weighted by molar-refractivity contribution is 0.575. The summed E-state index contributed by atoms with van der Waals surface area (Å²) in [4.78, 5) is 0. The quantitative estimate of drug-likeness (QED) is 0.178. The molecule has 5 aromatic carbocycles. The molecule has 6 aromatic rings. The second-order valence-electron chi connectivity index (χ2n) is 11.8. The first-order chi connectivity index (χ1) is 23.1. The summed E-state index contributed by atoms with van der Waals surface area (Å²) in [5, 5.41) is 6.81. The Balaban J connectivity index is 1.52. The van der Waals surface area contributed by atoms with Gasteiger partial charge in [-0.15, -0.1) is 0 Å². The van der Waals surface area contributed by atoms with Gasteiger partial charge in [0, 0.05) is 21.6 Å². The number of hydrogen-bond donors (Lipinski definition) is 0. The van der Waals surface area contributed by atoms with E-state index in [0.717, 1.165) is 77.6 Å². The molecule has 0 unspecified atom stereocenters. The van der Waals surface area contributed by atoms with Crippen molar-refractivity contribution in [1.29, 1.82) is 0 Å². The van der Waals surface area contributed by atoms with E-state index in [0.29, 0.717) is 0 Å². The third-order valence-corrected chi connectivity index (χ3v) is 8.87. The first-order valence-electron chi connectivity index (χ1n) is 16.0. The third-order valence-electron chi connectivity index (χ3n) is 8.87. The van der Waals surface area contributed by atoms with Crippen LogP contribution >= 0.6 is 0 Å². The summed E-state index contributed by atoms with van der Waals surface area (Å²) in [6.07, 6.45) is 13.6. The SMILES string of the molecule is C=C(/C=C\C(=C)c1ccccccc(/C(C)=c2\oc3c(ccc4ccccc43)\c2=C2/C=CC=CC2)c2ccccc12)c1ccccc1. The summed E-state index contributed by atoms with van der Waals surface area (Å²) in [7, 11) is 0. The molecule has 226 valence electrons. The van der Waals surface area contributed by atoms with Crippen LogP contribution in [0.5, 0.6) is 0 Å². The Labute approximate surface area is 276 Å². The second-order valence-corrected chi connectivity index (χ2v) is 11.8. The van der Waals surface area contributed by atoms with Crippen LogP contribution in [-0.2, 0) is 0 Å². The average Bonchev–Trinajstić information content (AvgIpc) is 3.53. The van der Waals surface area contributed by atoms with E-state index in [9.17, 15) is 0 Å². The van der Waals surface area contributed by atoms with Gasteiger partial charge < -0.3 is 4.42 Å². The fourth-order valence-corrected chi connectivity index (χ4v) is 6.44. The predicted octanol–water partition coefficient (Wildman–Crippen LogP) is 11.0. The fraction of sp³-hybridized carbons (Fsp3) is 0.0435. The van der Waals surface area contributed by atoms with Crippen LogP contribution < -0.4 is 10.6 Å². The van der Waals surface area contributed by atoms with E-state index in [-0.39, 0.29) is 0 Å². The minimum atomic E-state index is 0.853. The molecule has 1 aliphatic carbocycles. The van der Waals surface area contributed by atoms with E-state index in [2.05, 4.69) is 160 Å². The zero-order valence-electron chi connectivity index (χ0n) is 26.6. The van der Waals surface area contributed by atoms with Gasteiger partial charge in [0.1, 0.15) is 11.0 Å². The molecule has 0 atom stereocenters. The van der Waals surface area contributed by atoms with Crippen molar-refractivity contribution in [3.63, 3.8) is 0 Å². The lowest BCUT2D eigenvalue weighted by Gasteiger charge is -2.09. The summed E-state index contributed by atoms with van der Waals surface area (Å²) >= 11 is 0. The van der Waals surface area contributed by atoms with Gasteiger partial charge >= 0.3 is 0 Å². The highest BCUT2D eigenvalue weighted by Gasteiger charge is 2.14. The Hall–Kier alpha value is -5.92. The number of hydrogen-bond acceptors (Lipinski definition) is 1. The van der Waals surface area contributed by atoms with E-state index >= 15 is 0 Å². The standard InChI is InChI=1S/C46H36O/c1-32(35-18-8-6-9-19-35)28-29-33(2)38-23-12-4-5-13-24-39(42-27-17-16-26-41(38)42)34(3)45-44(37-21-10-7-11-22-37)43-31-30-36-20-14-15-25-40(36)46(43)47-45/h4-21,23-31H,1-2,22H2,3H3/b5-4?,12-4?,13-5?,23-12?,24-13?,29-28-,38-23?,39-24?,41-38?,42-39?,44-37-,45-34-. The van der Waals surface area contributed by atoms with Crippen LogP contribution in [0.25, 0.3) is 54.8 Å². The van der Waals surface area contributed by atoms with E-state index in [1.807, 2.05) is 24.3 Å². The molecular formula is C46H36O. The largest absolute Gasteiger partial charge is 0.455 e. The molecule has 47 heavy (non-hydrogen) atoms. The van der Waals surface area contributed by atoms with Crippen molar-refractivity contribution in [3.8, 4) is 0 Å². The summed E-state index contributed by atoms with van der Waals surface area (Å²) in [6.45, 7) is 11.0. The molecule has 1 heteroatoms. The molecular weight excluding hydrogens is 569 g/mol. The first kappa shape index (κ1) is 29.8. The number of furan rings is 1. The van der Waals surface area contributed by atoms with Gasteiger partial charge in [-0.1, -0.05) is 171 Å². The highest BCUT2D eigenvalue weighted by molar-refractivity contribution is 6.06. The van der Waals surface area contributed by atoms with Crippen LogP contribution in [0.2, 0.25) is 0 Å². The van der Waals surface area contributed by atoms with Gasteiger partial charge in [-0.2, -0.15) is 0 Å². The molecule has 0 saturated carbocycles. The number of rotatable bonds is 5. The molecule has 0 aliphatic heterocycles. The Morgan fingerprint density at radius 1 is 0.596 bits per heavy atom. The maximum absolute atomic E-state index is 6.96. The number of allylic oxidation sites excluding steroid dienone is 8. The van der Waals surface area contributed by atoms with Crippen LogP contribution in [0.4, 0.5) is 0 Å². The van der Waals surface area contributed by atoms with Crippen molar-refractivity contribution in [3.05, 3.63) is 204 Å². The highest BCUT2D eigenvalue weighted by Crippen LogP contribution is 2.29. The van der Waals surface area contributed by atoms with Crippen molar-refractivity contribution < 1.29 is 4.42 Å². The van der Waals surface area contributed by atoms with Crippen molar-refractivity contribution in [2.75, 3.05) is 0 Å². The lowest BCUT2D eigenvalue weighted by Crippen LogP contribution is -2.25. The van der Waals surface area contributed by atoms with Gasteiger partial charge in [-0.25, -0.2) is 0 Å². The van der Waals surface area contributed by atoms with Gasteiger partial charge in [0.2, 0.25) is 0 Å². The van der Waals surface area contributed by atoms with E-state index in [1.165, 1.54) is 11.0 Å². The Kier molecular flexibility index (Phi) is 8.37. The van der Waals surface area contributed by atoms with Crippen LogP contribution in [0, 0.1) is 0 Å². The normalized spacial score (nSPS) is 14.5. The Bertz CT molecular complexity index is 2460. The van der Waals surface area contributed by atoms with Crippen molar-refractivity contribution in [2.24, 2.45) is 0 Å². The number of benzene rings is 4. The van der Waals surface area contributed by atoms with Crippen LogP contribution in [0.3, 0.4) is 0 Å². The fourth-order valence-electron chi connectivity index (χ4n) is 6.44. The second kappa shape index (κ2) is 13.2. The summed E-state index contributed by atoms with van der Waals surface area (Å²) in [5.74, 6) is 0. The van der Waals surface area contributed by atoms with Crippen LogP contribution in [0.15, 0.2) is 181 Å². The van der Waals surface area contributed by atoms with Crippen molar-refractivity contribution in [1.82, 2.24) is 0 Å². The van der Waals surface area contributed by atoms with Crippen molar-refractivity contribution in [2.45, 2.75) is 13.3 Å². The topological polar surface area (TPSA) is 13.1 Å². The molecule has 0 fully saturated rings. The van der Waals surface area contributed by atoms with Gasteiger partial charge in [0.15, 0.2) is 0 Å². The van der Waals surface area contributed by atoms with Crippen molar-refractivity contribution >= 4 is 54.8 Å². The van der Waals surface area contributed by atoms with Gasteiger partial charge in [-0.3, -0.25) is 0 Å². The van der Waals surface area contributed by atoms with Crippen LogP contribution in [-0.4, -0.2) is 0 Å². The average molecular weight is 605 g/mol. The third kappa shape index (κ3) is 5.92. The molecule has 0 spiro atoms. The molecule has 0 bridgehead atoms. The molecule has 0 radical (unpaired) electrons. The molecule has 0 amide bonds. The van der Waals surface area contributed by atoms with Gasteiger partial charge in [0.05, 0.1) is 0 Å². The minimum absolute atomic E-state index is 0.853. The van der Waals surface area contributed by atoms with Gasteiger partial charge in [-0.05, 0) is 69.0 Å². The molecule has 1 heterocycles. The Morgan fingerprint density at radius 3 is 1.96 bits per heavy atom. The Morgan fingerprint density at radius 2 is 1.21 bits per heavy atom. The molecule has 1 aliphatic rings. The zero-order chi connectivity index (χ0) is 32.2. The van der Waals surface area contributed by atoms with E-state index in [4.69, 9.17) is 4.42 Å². The zero-order valence-corrected chi connectivity index (χ0v) is 26.6. The molecule has 1 nitrogen and oxygen atoms in total. The smallest absolute Gasteiger partial charge is 0.143 e. The molecule has 7 rings (SSSR count). The minimum Gasteiger partial charge on any atom is -0.455 e. The summed E-state index contributed by atoms with van der Waals surface area (Å²) in [6, 6.07) is 44.4. The molecule has 0 saturated heterocycles. The molecule has 0 N–H and O–H groups in total. The molecule has 1 aromatic heterocycles. The first-order valence-corrected chi connectivity index (χ1v) is 16.0. The maximum atomic E-state index is 6.96. The van der Waals surface area contributed by atoms with Crippen LogP contribution in [0.1, 0.15) is 30.0 Å². The van der Waals surface area contributed by atoms with E-state index in [1.54, 1.807) is 0 Å².